The molecule has 5 rings (SSSR count). The molecule has 90 valence electrons. The predicted molar refractivity (Wildman–Crippen MR) is 66.3 cm³/mol. The van der Waals surface area contributed by atoms with Crippen LogP contribution in [0.15, 0.2) is 0 Å². The van der Waals surface area contributed by atoms with E-state index in [1.54, 1.807) is 32.1 Å². The summed E-state index contributed by atoms with van der Waals surface area (Å²) in [4.78, 5) is 2.90. The van der Waals surface area contributed by atoms with Gasteiger partial charge in [0, 0.05) is 6.04 Å². The average Bonchev–Trinajstić information content (AvgIpc) is 2.29. The Hall–Kier alpha value is -0.0400. The third-order valence-corrected chi connectivity index (χ3v) is 5.99. The average molecular weight is 219 g/mol. The van der Waals surface area contributed by atoms with E-state index in [1.165, 1.54) is 32.4 Å². The maximum Gasteiger partial charge on any atom is 0.0152 e. The molecule has 1 aliphatic heterocycles. The second-order valence-electron chi connectivity index (χ2n) is 7.02. The summed E-state index contributed by atoms with van der Waals surface area (Å²) >= 11 is 0. The van der Waals surface area contributed by atoms with Gasteiger partial charge in [-0.2, -0.15) is 0 Å². The monoisotopic (exact) mass is 219 g/mol. The van der Waals surface area contributed by atoms with Crippen molar-refractivity contribution < 1.29 is 0 Å². The molecule has 1 heterocycles. The molecular formula is C15H25N. The molecule has 4 bridgehead atoms. The van der Waals surface area contributed by atoms with Gasteiger partial charge in [0.05, 0.1) is 0 Å². The SMILES string of the molecule is C1CCN(C2C3CC4CC(C3)CC2C4)CC1. The van der Waals surface area contributed by atoms with E-state index in [-0.39, 0.29) is 0 Å². The smallest absolute Gasteiger partial charge is 0.0152 e. The molecule has 4 saturated carbocycles. The molecule has 0 atom stereocenters. The number of rotatable bonds is 1. The third kappa shape index (κ3) is 1.47. The van der Waals surface area contributed by atoms with Crippen LogP contribution in [0, 0.1) is 23.7 Å². The lowest BCUT2D eigenvalue weighted by Crippen LogP contribution is -2.56. The molecule has 5 fully saturated rings. The molecule has 1 heteroatoms. The summed E-state index contributed by atoms with van der Waals surface area (Å²) in [5.74, 6) is 4.50. The van der Waals surface area contributed by atoms with Gasteiger partial charge < -0.3 is 0 Å². The van der Waals surface area contributed by atoms with Crippen molar-refractivity contribution >= 4 is 0 Å². The largest absolute Gasteiger partial charge is 0.300 e. The number of nitrogens with zero attached hydrogens (tertiary/aromatic N) is 1. The highest BCUT2D eigenvalue weighted by atomic mass is 15.2. The summed E-state index contributed by atoms with van der Waals surface area (Å²) in [7, 11) is 0. The standard InChI is InChI=1S/C15H25N/c1-2-4-16(5-3-1)15-13-7-11-6-12(9-13)10-14(15)8-11/h11-15H,1-10H2. The Morgan fingerprint density at radius 2 is 1.19 bits per heavy atom. The van der Waals surface area contributed by atoms with Gasteiger partial charge in [-0.1, -0.05) is 6.42 Å². The van der Waals surface area contributed by atoms with E-state index in [0.717, 1.165) is 29.7 Å². The molecule has 0 spiro atoms. The number of hydrogen-bond donors (Lipinski definition) is 0. The van der Waals surface area contributed by atoms with E-state index in [2.05, 4.69) is 4.90 Å². The Morgan fingerprint density at radius 3 is 1.75 bits per heavy atom. The number of hydrogen-bond acceptors (Lipinski definition) is 1. The van der Waals surface area contributed by atoms with Gasteiger partial charge in [-0.15, -0.1) is 0 Å². The summed E-state index contributed by atoms with van der Waals surface area (Å²) in [6.07, 6.45) is 12.4. The fourth-order valence-electron chi connectivity index (χ4n) is 5.71. The van der Waals surface area contributed by atoms with Crippen LogP contribution in [0.4, 0.5) is 0 Å². The van der Waals surface area contributed by atoms with E-state index in [4.69, 9.17) is 0 Å². The molecule has 0 aromatic heterocycles. The summed E-state index contributed by atoms with van der Waals surface area (Å²) in [6, 6.07) is 1.02. The summed E-state index contributed by atoms with van der Waals surface area (Å²) in [5.41, 5.74) is 0. The fourth-order valence-corrected chi connectivity index (χ4v) is 5.71. The molecule has 0 amide bonds. The van der Waals surface area contributed by atoms with Crippen LogP contribution in [0.1, 0.15) is 51.4 Å². The van der Waals surface area contributed by atoms with Crippen molar-refractivity contribution in [2.24, 2.45) is 23.7 Å². The van der Waals surface area contributed by atoms with Crippen LogP contribution in [0.5, 0.6) is 0 Å². The van der Waals surface area contributed by atoms with Gasteiger partial charge in [-0.3, -0.25) is 4.90 Å². The summed E-state index contributed by atoms with van der Waals surface area (Å²) < 4.78 is 0. The fraction of sp³-hybridized carbons (Fsp3) is 1.00. The summed E-state index contributed by atoms with van der Waals surface area (Å²) in [5, 5.41) is 0. The lowest BCUT2D eigenvalue weighted by atomic mass is 9.53. The van der Waals surface area contributed by atoms with Gasteiger partial charge in [-0.25, -0.2) is 0 Å². The maximum absolute atomic E-state index is 2.90. The first-order valence-electron chi connectivity index (χ1n) is 7.64. The van der Waals surface area contributed by atoms with Crippen LogP contribution >= 0.6 is 0 Å². The van der Waals surface area contributed by atoms with Gasteiger partial charge >= 0.3 is 0 Å². The third-order valence-electron chi connectivity index (χ3n) is 5.99. The van der Waals surface area contributed by atoms with E-state index in [9.17, 15) is 0 Å². The first kappa shape index (κ1) is 9.94. The molecule has 0 aromatic rings. The van der Waals surface area contributed by atoms with E-state index < -0.39 is 0 Å². The lowest BCUT2D eigenvalue weighted by Gasteiger charge is -2.57. The molecule has 0 radical (unpaired) electrons. The zero-order chi connectivity index (χ0) is 10.5. The highest BCUT2D eigenvalue weighted by molar-refractivity contribution is 5.02. The van der Waals surface area contributed by atoms with Crippen molar-refractivity contribution in [2.45, 2.75) is 57.4 Å². The van der Waals surface area contributed by atoms with E-state index in [1.807, 2.05) is 0 Å². The van der Waals surface area contributed by atoms with Crippen LogP contribution in [0.2, 0.25) is 0 Å². The number of piperidine rings is 1. The molecule has 4 aliphatic carbocycles. The predicted octanol–water partition coefficient (Wildman–Crippen LogP) is 3.30. The normalized spacial score (nSPS) is 52.1. The first-order valence-corrected chi connectivity index (χ1v) is 7.64. The highest BCUT2D eigenvalue weighted by Gasteiger charge is 2.49. The van der Waals surface area contributed by atoms with Crippen molar-refractivity contribution in [3.8, 4) is 0 Å². The van der Waals surface area contributed by atoms with Gasteiger partial charge in [0.15, 0.2) is 0 Å². The zero-order valence-electron chi connectivity index (χ0n) is 10.4. The Kier molecular flexibility index (Phi) is 2.32. The molecule has 0 N–H and O–H groups in total. The van der Waals surface area contributed by atoms with Crippen molar-refractivity contribution in [3.63, 3.8) is 0 Å². The topological polar surface area (TPSA) is 3.24 Å². The van der Waals surface area contributed by atoms with Crippen LogP contribution in [-0.4, -0.2) is 24.0 Å². The van der Waals surface area contributed by atoms with Crippen LogP contribution in [-0.2, 0) is 0 Å². The van der Waals surface area contributed by atoms with Gasteiger partial charge in [0.1, 0.15) is 0 Å². The van der Waals surface area contributed by atoms with Crippen LogP contribution in [0.25, 0.3) is 0 Å². The summed E-state index contributed by atoms with van der Waals surface area (Å²) in [6.45, 7) is 2.85. The molecular weight excluding hydrogens is 194 g/mol. The number of likely N-dealkylation sites (tertiary alicyclic amines) is 1. The van der Waals surface area contributed by atoms with Crippen molar-refractivity contribution in [1.29, 1.82) is 0 Å². The molecule has 5 aliphatic rings. The van der Waals surface area contributed by atoms with Gasteiger partial charge in [0.2, 0.25) is 0 Å². The minimum atomic E-state index is 1.02. The van der Waals surface area contributed by atoms with Gasteiger partial charge in [-0.05, 0) is 81.7 Å². The Bertz CT molecular complexity index is 236. The quantitative estimate of drug-likeness (QED) is 0.654. The molecule has 0 unspecified atom stereocenters. The van der Waals surface area contributed by atoms with Crippen molar-refractivity contribution in [2.75, 3.05) is 13.1 Å². The highest BCUT2D eigenvalue weighted by Crippen LogP contribution is 2.55. The second-order valence-corrected chi connectivity index (χ2v) is 7.02. The first-order chi connectivity index (χ1) is 7.90. The van der Waals surface area contributed by atoms with Crippen molar-refractivity contribution in [1.82, 2.24) is 4.90 Å². The minimum absolute atomic E-state index is 1.02. The van der Waals surface area contributed by atoms with Crippen molar-refractivity contribution in [3.05, 3.63) is 0 Å². The maximum atomic E-state index is 2.90. The van der Waals surface area contributed by atoms with Crippen LogP contribution in [0.3, 0.4) is 0 Å². The lowest BCUT2D eigenvalue weighted by molar-refractivity contribution is -0.0699. The van der Waals surface area contributed by atoms with Crippen LogP contribution < -0.4 is 0 Å². The van der Waals surface area contributed by atoms with E-state index >= 15 is 0 Å². The van der Waals surface area contributed by atoms with Gasteiger partial charge in [0.25, 0.3) is 0 Å². The second kappa shape index (κ2) is 3.73. The zero-order valence-corrected chi connectivity index (χ0v) is 10.4. The Balaban J connectivity index is 1.55. The molecule has 1 nitrogen and oxygen atoms in total. The molecule has 1 saturated heterocycles. The molecule has 0 aromatic carbocycles. The molecule has 16 heavy (non-hydrogen) atoms. The minimum Gasteiger partial charge on any atom is -0.300 e. The Morgan fingerprint density at radius 1 is 0.625 bits per heavy atom. The van der Waals surface area contributed by atoms with E-state index in [0.29, 0.717) is 0 Å². The Labute approximate surface area is 99.6 Å².